The van der Waals surface area contributed by atoms with E-state index in [1.54, 1.807) is 24.3 Å². The number of para-hydroxylation sites is 1. The minimum atomic E-state index is -0.599. The molecule has 0 bridgehead atoms. The van der Waals surface area contributed by atoms with Crippen molar-refractivity contribution in [2.75, 3.05) is 12.1 Å². The highest BCUT2D eigenvalue weighted by Gasteiger charge is 2.35. The maximum absolute atomic E-state index is 12.6. The largest absolute Gasteiger partial charge is 0.504 e. The molecular weight excluding hydrogens is 367 g/mol. The van der Waals surface area contributed by atoms with Crippen molar-refractivity contribution in [2.24, 2.45) is 0 Å². The summed E-state index contributed by atoms with van der Waals surface area (Å²) in [7, 11) is 1.41. The first-order chi connectivity index (χ1) is 11.9. The number of hydrazine groups is 1. The van der Waals surface area contributed by atoms with Gasteiger partial charge in [0, 0.05) is 5.56 Å². The molecule has 0 saturated carbocycles. The Morgan fingerprint density at radius 3 is 2.60 bits per heavy atom. The number of benzene rings is 2. The summed E-state index contributed by atoms with van der Waals surface area (Å²) in [5.74, 6) is -1.10. The second-order valence-electron chi connectivity index (χ2n) is 5.14. The number of phenolic OH excluding ortho intramolecular Hbond substituents is 1. The first kappa shape index (κ1) is 17.1. The molecule has 1 fully saturated rings. The van der Waals surface area contributed by atoms with E-state index >= 15 is 0 Å². The minimum Gasteiger partial charge on any atom is -0.504 e. The molecule has 2 aromatic rings. The molecular formula is C17H12Cl2N2O4. The Morgan fingerprint density at radius 2 is 1.92 bits per heavy atom. The number of carbonyl (C=O) groups is 2. The van der Waals surface area contributed by atoms with Crippen molar-refractivity contribution >= 4 is 46.8 Å². The number of anilines is 1. The number of aromatic hydroxyl groups is 1. The third kappa shape index (κ3) is 3.14. The van der Waals surface area contributed by atoms with Crippen LogP contribution in [0.1, 0.15) is 5.56 Å². The summed E-state index contributed by atoms with van der Waals surface area (Å²) in [6.07, 6.45) is 1.30. The number of ether oxygens (including phenoxy) is 1. The highest BCUT2D eigenvalue weighted by molar-refractivity contribution is 6.42. The Labute approximate surface area is 153 Å². The van der Waals surface area contributed by atoms with Gasteiger partial charge in [0.2, 0.25) is 0 Å². The van der Waals surface area contributed by atoms with Crippen molar-refractivity contribution in [1.29, 1.82) is 0 Å². The van der Waals surface area contributed by atoms with E-state index in [0.717, 1.165) is 5.01 Å². The van der Waals surface area contributed by atoms with E-state index in [1.165, 1.54) is 25.3 Å². The van der Waals surface area contributed by atoms with Gasteiger partial charge < -0.3 is 9.84 Å². The molecule has 128 valence electrons. The predicted molar refractivity (Wildman–Crippen MR) is 94.7 cm³/mol. The second kappa shape index (κ2) is 6.66. The number of hydrogen-bond donors (Lipinski definition) is 2. The highest BCUT2D eigenvalue weighted by atomic mass is 35.5. The summed E-state index contributed by atoms with van der Waals surface area (Å²) in [6, 6.07) is 9.31. The topological polar surface area (TPSA) is 78.9 Å². The van der Waals surface area contributed by atoms with Gasteiger partial charge in [0.05, 0.1) is 22.8 Å². The average Bonchev–Trinajstić information content (AvgIpc) is 2.87. The zero-order chi connectivity index (χ0) is 18.1. The van der Waals surface area contributed by atoms with Gasteiger partial charge in [-0.2, -0.15) is 0 Å². The number of amides is 2. The Hall–Kier alpha value is -2.70. The van der Waals surface area contributed by atoms with Crippen molar-refractivity contribution in [2.45, 2.75) is 0 Å². The van der Waals surface area contributed by atoms with Crippen LogP contribution in [0.15, 0.2) is 42.0 Å². The van der Waals surface area contributed by atoms with Crippen LogP contribution >= 0.6 is 23.2 Å². The molecule has 0 atom stereocenters. The first-order valence-corrected chi connectivity index (χ1v) is 7.86. The van der Waals surface area contributed by atoms with Crippen molar-refractivity contribution in [3.8, 4) is 11.5 Å². The highest BCUT2D eigenvalue weighted by Crippen LogP contribution is 2.33. The Kier molecular flexibility index (Phi) is 4.57. The van der Waals surface area contributed by atoms with Gasteiger partial charge >= 0.3 is 0 Å². The molecule has 6 nitrogen and oxygen atoms in total. The Morgan fingerprint density at radius 1 is 1.16 bits per heavy atom. The summed E-state index contributed by atoms with van der Waals surface area (Å²) in [5.41, 5.74) is 2.97. The van der Waals surface area contributed by atoms with Crippen LogP contribution in [0.3, 0.4) is 0 Å². The SMILES string of the molecule is COc1cccc(C=C2C(=O)NN(c3ccc(Cl)c(Cl)c3)C2=O)c1O. The van der Waals surface area contributed by atoms with Crippen LogP contribution in [0.4, 0.5) is 5.69 Å². The third-order valence-corrected chi connectivity index (χ3v) is 4.34. The number of nitrogens with zero attached hydrogens (tertiary/aromatic N) is 1. The number of halogens is 2. The molecule has 1 saturated heterocycles. The van der Waals surface area contributed by atoms with Gasteiger partial charge in [0.25, 0.3) is 11.8 Å². The number of hydrogen-bond acceptors (Lipinski definition) is 4. The van der Waals surface area contributed by atoms with E-state index in [4.69, 9.17) is 27.9 Å². The predicted octanol–water partition coefficient (Wildman–Crippen LogP) is 3.17. The monoisotopic (exact) mass is 378 g/mol. The molecule has 2 amide bonds. The molecule has 0 unspecified atom stereocenters. The first-order valence-electron chi connectivity index (χ1n) is 7.10. The summed E-state index contributed by atoms with van der Waals surface area (Å²) in [5, 5.41) is 11.8. The summed E-state index contributed by atoms with van der Waals surface area (Å²) < 4.78 is 5.02. The standard InChI is InChI=1S/C17H12Cl2N2O4/c1-25-14-4-2-3-9(15(14)22)7-11-16(23)20-21(17(11)24)10-5-6-12(18)13(19)8-10/h2-8,22H,1H3,(H,20,23). The lowest BCUT2D eigenvalue weighted by atomic mass is 10.1. The number of methoxy groups -OCH3 is 1. The number of carbonyl (C=O) groups excluding carboxylic acids is 2. The van der Waals surface area contributed by atoms with Gasteiger partial charge in [0.15, 0.2) is 11.5 Å². The Balaban J connectivity index is 1.98. The minimum absolute atomic E-state index is 0.130. The molecule has 1 aliphatic rings. The lowest BCUT2D eigenvalue weighted by Gasteiger charge is -2.15. The molecule has 0 radical (unpaired) electrons. The zero-order valence-corrected chi connectivity index (χ0v) is 14.4. The van der Waals surface area contributed by atoms with Crippen LogP contribution in [0.25, 0.3) is 6.08 Å². The van der Waals surface area contributed by atoms with E-state index < -0.39 is 11.8 Å². The lowest BCUT2D eigenvalue weighted by Crippen LogP contribution is -2.35. The molecule has 2 N–H and O–H groups in total. The molecule has 1 heterocycles. The smallest absolute Gasteiger partial charge is 0.282 e. The zero-order valence-electron chi connectivity index (χ0n) is 12.9. The molecule has 0 aromatic heterocycles. The van der Waals surface area contributed by atoms with Crippen LogP contribution in [0.2, 0.25) is 10.0 Å². The van der Waals surface area contributed by atoms with Crippen LogP contribution < -0.4 is 15.2 Å². The van der Waals surface area contributed by atoms with Crippen LogP contribution in [0.5, 0.6) is 11.5 Å². The van der Waals surface area contributed by atoms with Crippen LogP contribution in [0, 0.1) is 0 Å². The van der Waals surface area contributed by atoms with Gasteiger partial charge in [-0.25, -0.2) is 5.01 Å². The van der Waals surface area contributed by atoms with Gasteiger partial charge in [0.1, 0.15) is 5.57 Å². The molecule has 3 rings (SSSR count). The third-order valence-electron chi connectivity index (χ3n) is 3.60. The van der Waals surface area contributed by atoms with Gasteiger partial charge in [-0.15, -0.1) is 0 Å². The van der Waals surface area contributed by atoms with E-state index in [0.29, 0.717) is 10.7 Å². The quantitative estimate of drug-likeness (QED) is 0.634. The second-order valence-corrected chi connectivity index (χ2v) is 5.95. The fraction of sp³-hybridized carbons (Fsp3) is 0.0588. The van der Waals surface area contributed by atoms with Gasteiger partial charge in [-0.3, -0.25) is 15.0 Å². The molecule has 0 aliphatic carbocycles. The van der Waals surface area contributed by atoms with E-state index in [9.17, 15) is 14.7 Å². The summed E-state index contributed by atoms with van der Waals surface area (Å²) in [4.78, 5) is 24.7. The molecule has 0 spiro atoms. The fourth-order valence-electron chi connectivity index (χ4n) is 2.34. The molecule has 2 aromatic carbocycles. The lowest BCUT2D eigenvalue weighted by molar-refractivity contribution is -0.117. The summed E-state index contributed by atoms with van der Waals surface area (Å²) >= 11 is 11.8. The molecule has 8 heteroatoms. The Bertz CT molecular complexity index is 912. The van der Waals surface area contributed by atoms with E-state index in [2.05, 4.69) is 5.43 Å². The van der Waals surface area contributed by atoms with Crippen molar-refractivity contribution in [3.63, 3.8) is 0 Å². The average molecular weight is 379 g/mol. The van der Waals surface area contributed by atoms with Crippen molar-refractivity contribution in [1.82, 2.24) is 5.43 Å². The van der Waals surface area contributed by atoms with Crippen LogP contribution in [-0.2, 0) is 9.59 Å². The van der Waals surface area contributed by atoms with Gasteiger partial charge in [-0.1, -0.05) is 35.3 Å². The normalized spacial score (nSPS) is 15.6. The molecule has 1 aliphatic heterocycles. The van der Waals surface area contributed by atoms with Crippen molar-refractivity contribution in [3.05, 3.63) is 57.6 Å². The van der Waals surface area contributed by atoms with Crippen LogP contribution in [-0.4, -0.2) is 24.0 Å². The maximum atomic E-state index is 12.6. The van der Waals surface area contributed by atoms with E-state index in [-0.39, 0.29) is 27.7 Å². The number of rotatable bonds is 3. The summed E-state index contributed by atoms with van der Waals surface area (Å²) in [6.45, 7) is 0. The van der Waals surface area contributed by atoms with E-state index in [1.807, 2.05) is 0 Å². The fourth-order valence-corrected chi connectivity index (χ4v) is 2.63. The number of nitrogens with one attached hydrogen (secondary N) is 1. The van der Waals surface area contributed by atoms with Crippen molar-refractivity contribution < 1.29 is 19.4 Å². The molecule has 25 heavy (non-hydrogen) atoms. The maximum Gasteiger partial charge on any atom is 0.282 e. The number of phenols is 1. The van der Waals surface area contributed by atoms with Gasteiger partial charge in [-0.05, 0) is 30.3 Å².